The number of hydrogen-bond acceptors (Lipinski definition) is 0. The van der Waals surface area contributed by atoms with E-state index in [-0.39, 0.29) is 7.21 Å². The van der Waals surface area contributed by atoms with Crippen molar-refractivity contribution in [2.24, 2.45) is 0 Å². The molecule has 2 atom stereocenters. The molecule has 2 aliphatic heterocycles. The summed E-state index contributed by atoms with van der Waals surface area (Å²) >= 11 is 0. The molecule has 0 fully saturated rings. The van der Waals surface area contributed by atoms with Crippen molar-refractivity contribution in [3.63, 3.8) is 0 Å². The second-order valence-corrected chi connectivity index (χ2v) is 11.2. The Labute approximate surface area is 47.5 Å². The van der Waals surface area contributed by atoms with Gasteiger partial charge in [-0.05, 0) is 26.1 Å². The maximum Gasteiger partial charge on any atom is 0.0752 e. The van der Waals surface area contributed by atoms with Crippen LogP contribution in [0.25, 0.3) is 0 Å². The quantitative estimate of drug-likeness (QED) is 0.463. The zero-order chi connectivity index (χ0) is 5.07. The fraction of sp³-hybridized carbons (Fsp3) is 0.750. The first-order chi connectivity index (χ1) is 3.22. The minimum absolute atomic E-state index is 0.174. The molecule has 0 aliphatic carbocycles. The van der Waals surface area contributed by atoms with E-state index in [4.69, 9.17) is 0 Å². The van der Waals surface area contributed by atoms with Crippen molar-refractivity contribution in [3.05, 3.63) is 0 Å². The normalized spacial score (nSPS) is 58.0. The number of hydrogen-bond donors (Lipinski definition) is 0. The van der Waals surface area contributed by atoms with Crippen LogP contribution in [-0.2, 0) is 0 Å². The van der Waals surface area contributed by atoms with Crippen molar-refractivity contribution in [1.82, 2.24) is 0 Å². The molecule has 2 rings (SSSR count). The zero-order valence-corrected chi connectivity index (χ0v) is 7.18. The van der Waals surface area contributed by atoms with E-state index >= 15 is 0 Å². The summed E-state index contributed by atoms with van der Waals surface area (Å²) < 4.78 is 0.870. The molecule has 2 unspecified atom stereocenters. The van der Waals surface area contributed by atoms with E-state index in [0.29, 0.717) is 0 Å². The van der Waals surface area contributed by atoms with Gasteiger partial charge in [-0.2, -0.15) is 0 Å². The summed E-state index contributed by atoms with van der Waals surface area (Å²) in [6.07, 6.45) is 0. The molecule has 0 amide bonds. The summed E-state index contributed by atoms with van der Waals surface area (Å²) in [5, 5.41) is 1.81. The molecule has 0 aromatic rings. The Morgan fingerprint density at radius 3 is 2.43 bits per heavy atom. The molecule has 2 aliphatic rings. The van der Waals surface area contributed by atoms with Crippen molar-refractivity contribution in [3.8, 4) is 0 Å². The van der Waals surface area contributed by atoms with E-state index in [1.807, 2.05) is 5.03 Å². The topological polar surface area (TPSA) is 0 Å². The van der Waals surface area contributed by atoms with Gasteiger partial charge >= 0.3 is 0 Å². The Kier molecular flexibility index (Phi) is 0.734. The van der Waals surface area contributed by atoms with Crippen LogP contribution in [0.4, 0.5) is 0 Å². The molecule has 0 saturated carbocycles. The third-order valence-electron chi connectivity index (χ3n) is 1.46. The SMILES string of the molecule is CC1=PC2(C)P=[PH]12. The lowest BCUT2D eigenvalue weighted by Crippen LogP contribution is -1.99. The predicted molar refractivity (Wildman–Crippen MR) is 41.2 cm³/mol. The van der Waals surface area contributed by atoms with Crippen LogP contribution in [0.5, 0.6) is 0 Å². The average Bonchev–Trinajstić information content (AvgIpc) is 2.10. The van der Waals surface area contributed by atoms with Gasteiger partial charge in [0.1, 0.15) is 0 Å². The standard InChI is InChI=1S/C4H7P3/c1-3-5-4(2)6-7(3)4/h7H,1-2H3. The molecule has 0 nitrogen and oxygen atoms in total. The average molecular weight is 148 g/mol. The Balaban J connectivity index is 2.45. The highest BCUT2D eigenvalue weighted by Crippen LogP contribution is 2.86. The molecule has 2 heterocycles. The fourth-order valence-corrected chi connectivity index (χ4v) is 11.8. The van der Waals surface area contributed by atoms with Gasteiger partial charge in [0.05, 0.1) is 4.64 Å². The molecule has 0 saturated heterocycles. The van der Waals surface area contributed by atoms with Gasteiger partial charge < -0.3 is 0 Å². The maximum atomic E-state index is 2.41. The Morgan fingerprint density at radius 2 is 2.43 bits per heavy atom. The van der Waals surface area contributed by atoms with Crippen LogP contribution in [0.2, 0.25) is 0 Å². The van der Waals surface area contributed by atoms with Crippen LogP contribution in [0.3, 0.4) is 0 Å². The lowest BCUT2D eigenvalue weighted by atomic mass is 10.9. The highest BCUT2D eigenvalue weighted by Gasteiger charge is 2.46. The van der Waals surface area contributed by atoms with Crippen LogP contribution < -0.4 is 0 Å². The first-order valence-corrected chi connectivity index (χ1v) is 6.52. The summed E-state index contributed by atoms with van der Waals surface area (Å²) in [5.41, 5.74) is 0. The third kappa shape index (κ3) is 0.464. The van der Waals surface area contributed by atoms with E-state index < -0.39 is 0 Å². The monoisotopic (exact) mass is 148 g/mol. The Hall–Kier alpha value is 0.900. The largest absolute Gasteiger partial charge is 0.0844 e. The van der Waals surface area contributed by atoms with Gasteiger partial charge in [-0.15, -0.1) is 0 Å². The molecule has 0 aromatic heterocycles. The minimum atomic E-state index is 0.174. The molecule has 0 aromatic carbocycles. The first-order valence-electron chi connectivity index (χ1n) is 2.39. The lowest BCUT2D eigenvalue weighted by molar-refractivity contribution is 1.34. The summed E-state index contributed by atoms with van der Waals surface area (Å²) in [6.45, 7) is 4.73. The van der Waals surface area contributed by atoms with Crippen LogP contribution in [-0.4, -0.2) is 9.67 Å². The lowest BCUT2D eigenvalue weighted by Gasteiger charge is -2.15. The van der Waals surface area contributed by atoms with Gasteiger partial charge in [0.2, 0.25) is 0 Å². The van der Waals surface area contributed by atoms with Gasteiger partial charge in [-0.25, -0.2) is 0 Å². The molecular weight excluding hydrogens is 141 g/mol. The molecule has 0 N–H and O–H groups in total. The summed E-state index contributed by atoms with van der Waals surface area (Å²) in [7, 11) is 3.65. The van der Waals surface area contributed by atoms with E-state index in [1.165, 1.54) is 0 Å². The summed E-state index contributed by atoms with van der Waals surface area (Å²) in [6, 6.07) is 0. The maximum absolute atomic E-state index is 2.41. The van der Waals surface area contributed by atoms with E-state index in [2.05, 4.69) is 13.8 Å². The highest BCUT2D eigenvalue weighted by molar-refractivity contribution is 8.34. The van der Waals surface area contributed by atoms with Crippen LogP contribution in [0.15, 0.2) is 0 Å². The van der Waals surface area contributed by atoms with E-state index in [9.17, 15) is 0 Å². The zero-order valence-electron chi connectivity index (χ0n) is 4.39. The van der Waals surface area contributed by atoms with Gasteiger partial charge in [0, 0.05) is 0 Å². The summed E-state index contributed by atoms with van der Waals surface area (Å²) in [4.78, 5) is 0. The summed E-state index contributed by atoms with van der Waals surface area (Å²) in [5.74, 6) is 0. The van der Waals surface area contributed by atoms with Crippen molar-refractivity contribution < 1.29 is 0 Å². The van der Waals surface area contributed by atoms with Crippen LogP contribution in [0.1, 0.15) is 13.8 Å². The molecule has 38 valence electrons. The van der Waals surface area contributed by atoms with Gasteiger partial charge in [-0.1, -0.05) is 16.1 Å². The van der Waals surface area contributed by atoms with Crippen molar-refractivity contribution in [2.45, 2.75) is 18.5 Å². The molecule has 0 spiro atoms. The molecular formula is C4H7P3. The minimum Gasteiger partial charge on any atom is -0.0844 e. The second-order valence-electron chi connectivity index (χ2n) is 2.18. The van der Waals surface area contributed by atoms with Crippen molar-refractivity contribution in [2.75, 3.05) is 0 Å². The van der Waals surface area contributed by atoms with E-state index in [1.54, 1.807) is 16.1 Å². The molecule has 0 radical (unpaired) electrons. The Morgan fingerprint density at radius 1 is 1.71 bits per heavy atom. The fourth-order valence-electron chi connectivity index (χ4n) is 1.02. The van der Waals surface area contributed by atoms with E-state index in [0.717, 1.165) is 4.64 Å². The molecule has 0 bridgehead atoms. The molecule has 3 heteroatoms. The number of rotatable bonds is 0. The first kappa shape index (κ1) is 4.75. The van der Waals surface area contributed by atoms with Crippen molar-refractivity contribution in [1.29, 1.82) is 0 Å². The Bertz CT molecular complexity index is 191. The third-order valence-corrected chi connectivity index (χ3v) is 13.0. The van der Waals surface area contributed by atoms with Crippen LogP contribution >= 0.6 is 23.3 Å². The number of fused-ring (bicyclic) bond motifs is 1. The van der Waals surface area contributed by atoms with Crippen molar-refractivity contribution >= 4 is 28.3 Å². The van der Waals surface area contributed by atoms with Gasteiger partial charge in [0.25, 0.3) is 0 Å². The van der Waals surface area contributed by atoms with Gasteiger partial charge in [0.15, 0.2) is 0 Å². The highest BCUT2D eigenvalue weighted by atomic mass is 31.8. The predicted octanol–water partition coefficient (Wildman–Crippen LogP) is 2.86. The second kappa shape index (κ2) is 1.08. The van der Waals surface area contributed by atoms with Gasteiger partial charge in [-0.3, -0.25) is 0 Å². The smallest absolute Gasteiger partial charge is 0.0752 e. The van der Waals surface area contributed by atoms with Crippen LogP contribution in [0, 0.1) is 0 Å². The molecule has 7 heavy (non-hydrogen) atoms.